The van der Waals surface area contributed by atoms with Gasteiger partial charge in [0.25, 0.3) is 5.91 Å². The largest absolute Gasteiger partial charge is 0.394 e. The van der Waals surface area contributed by atoms with Gasteiger partial charge in [-0.1, -0.05) is 62.8 Å². The molecule has 38 heavy (non-hydrogen) atoms. The topological polar surface area (TPSA) is 81.2 Å². The molecular formula is C30H39N3O4S. The van der Waals surface area contributed by atoms with E-state index in [1.54, 1.807) is 33.5 Å². The van der Waals surface area contributed by atoms with E-state index in [0.717, 1.165) is 23.2 Å². The number of likely N-dealkylation sites (tertiary alicyclic amines) is 1. The summed E-state index contributed by atoms with van der Waals surface area (Å²) < 4.78 is -1.55. The van der Waals surface area contributed by atoms with Crippen LogP contribution in [-0.2, 0) is 14.4 Å². The van der Waals surface area contributed by atoms with E-state index in [1.807, 2.05) is 71.0 Å². The van der Waals surface area contributed by atoms with E-state index in [1.165, 1.54) is 0 Å². The molecule has 7 nitrogen and oxygen atoms in total. The molecule has 0 saturated carbocycles. The number of carbonyl (C=O) groups is 3. The number of benzene rings is 1. The second-order valence-electron chi connectivity index (χ2n) is 11.6. The lowest BCUT2D eigenvalue weighted by Gasteiger charge is -2.41. The summed E-state index contributed by atoms with van der Waals surface area (Å²) in [5, 5.41) is 10.6. The number of hydrogen-bond acceptors (Lipinski definition) is 5. The smallest absolute Gasteiger partial charge is 0.251 e. The first-order valence-electron chi connectivity index (χ1n) is 13.6. The lowest BCUT2D eigenvalue weighted by Crippen LogP contribution is -2.58. The first-order valence-corrected chi connectivity index (χ1v) is 14.4. The number of aryl methyl sites for hydroxylation is 2. The molecular weight excluding hydrogens is 498 g/mol. The van der Waals surface area contributed by atoms with Gasteiger partial charge >= 0.3 is 0 Å². The minimum Gasteiger partial charge on any atom is -0.394 e. The van der Waals surface area contributed by atoms with Crippen LogP contribution in [0.5, 0.6) is 0 Å². The first-order chi connectivity index (χ1) is 18.0. The maximum Gasteiger partial charge on any atom is 0.251 e. The Morgan fingerprint density at radius 2 is 1.68 bits per heavy atom. The molecule has 4 heterocycles. The Bertz CT molecular complexity index is 1210. The monoisotopic (exact) mass is 537 g/mol. The molecule has 1 N–H and O–H groups in total. The number of aliphatic hydroxyl groups is 1. The molecule has 7 atom stereocenters. The van der Waals surface area contributed by atoms with Crippen LogP contribution in [-0.4, -0.2) is 80.9 Å². The van der Waals surface area contributed by atoms with Crippen molar-refractivity contribution in [2.75, 3.05) is 31.6 Å². The lowest BCUT2D eigenvalue weighted by molar-refractivity contribution is -0.145. The molecule has 8 heteroatoms. The van der Waals surface area contributed by atoms with E-state index in [0.29, 0.717) is 13.1 Å². The number of fused-ring (bicyclic) bond motifs is 2. The molecule has 1 spiro atoms. The summed E-state index contributed by atoms with van der Waals surface area (Å²) in [6.45, 7) is 10.7. The molecule has 1 unspecified atom stereocenters. The molecule has 0 aliphatic carbocycles. The van der Waals surface area contributed by atoms with Gasteiger partial charge in [-0.05, 0) is 37.8 Å². The van der Waals surface area contributed by atoms with Crippen LogP contribution in [0, 0.1) is 31.6 Å². The van der Waals surface area contributed by atoms with E-state index in [2.05, 4.69) is 6.08 Å². The van der Waals surface area contributed by atoms with Gasteiger partial charge in [-0.15, -0.1) is 11.8 Å². The van der Waals surface area contributed by atoms with Crippen LogP contribution in [0.25, 0.3) is 0 Å². The molecule has 0 aromatic heterocycles. The third-order valence-electron chi connectivity index (χ3n) is 9.25. The number of carbonyl (C=O) groups excluding carboxylic acids is 3. The molecule has 1 aromatic carbocycles. The van der Waals surface area contributed by atoms with Gasteiger partial charge < -0.3 is 19.8 Å². The highest BCUT2D eigenvalue weighted by atomic mass is 32.2. The third kappa shape index (κ3) is 3.70. The van der Waals surface area contributed by atoms with Gasteiger partial charge in [0, 0.05) is 30.6 Å². The molecule has 2 fully saturated rings. The van der Waals surface area contributed by atoms with Crippen molar-refractivity contribution in [3.05, 3.63) is 53.6 Å². The quantitative estimate of drug-likeness (QED) is 0.583. The minimum absolute atomic E-state index is 0.0164. The number of amides is 3. The van der Waals surface area contributed by atoms with Crippen molar-refractivity contribution >= 4 is 35.2 Å². The maximum atomic E-state index is 14.8. The van der Waals surface area contributed by atoms with Crippen LogP contribution in [0.1, 0.15) is 38.3 Å². The number of nitrogens with zero attached hydrogens (tertiary/aromatic N) is 3. The fourth-order valence-electron chi connectivity index (χ4n) is 7.19. The summed E-state index contributed by atoms with van der Waals surface area (Å²) in [5.74, 6) is -1.73. The van der Waals surface area contributed by atoms with Crippen molar-refractivity contribution in [1.29, 1.82) is 0 Å². The SMILES string of the molecule is CC[C@H](C)[C@H](CO)N1C(=O)[C@@H]2[C@H]3C(=O)N(C)CC=C[C@@]3(C)S[C@@]23C=CCN(c2c(C)cccc2C)C(=O)C13. The van der Waals surface area contributed by atoms with Crippen LogP contribution in [0.3, 0.4) is 0 Å². The van der Waals surface area contributed by atoms with Crippen molar-refractivity contribution in [3.8, 4) is 0 Å². The molecule has 1 aromatic rings. The standard InChI is InChI=1S/C30H39N3O4S/c1-7-18(2)21(17-34)33-25-28(37)32(24-19(3)11-8-12-20(24)4)16-10-14-30(25)23(27(33)36)22-26(35)31(6)15-9-13-29(22,5)38-30/h8-14,18,21-23,25,34H,7,15-17H2,1-6H3/t18-,21-,22-,23-,25?,29+,30-/m0/s1. The summed E-state index contributed by atoms with van der Waals surface area (Å²) in [5.41, 5.74) is 2.84. The Hall–Kier alpha value is -2.58. The number of hydrogen-bond donors (Lipinski definition) is 1. The number of thioether (sulfide) groups is 1. The van der Waals surface area contributed by atoms with Crippen LogP contribution in [0.15, 0.2) is 42.5 Å². The molecule has 4 aliphatic rings. The Morgan fingerprint density at radius 3 is 2.32 bits per heavy atom. The highest BCUT2D eigenvalue weighted by Crippen LogP contribution is 2.66. The first kappa shape index (κ1) is 27.0. The Balaban J connectivity index is 1.72. The van der Waals surface area contributed by atoms with Crippen molar-refractivity contribution in [3.63, 3.8) is 0 Å². The van der Waals surface area contributed by atoms with Crippen LogP contribution in [0.2, 0.25) is 0 Å². The van der Waals surface area contributed by atoms with E-state index < -0.39 is 33.4 Å². The van der Waals surface area contributed by atoms with Gasteiger partial charge in [0.05, 0.1) is 29.2 Å². The Morgan fingerprint density at radius 1 is 1.03 bits per heavy atom. The molecule has 3 amide bonds. The van der Waals surface area contributed by atoms with Gasteiger partial charge in [-0.2, -0.15) is 0 Å². The van der Waals surface area contributed by atoms with Gasteiger partial charge in [-0.3, -0.25) is 14.4 Å². The van der Waals surface area contributed by atoms with Crippen molar-refractivity contribution in [2.24, 2.45) is 17.8 Å². The predicted molar refractivity (Wildman–Crippen MR) is 151 cm³/mol. The number of rotatable bonds is 5. The van der Waals surface area contributed by atoms with Crippen molar-refractivity contribution < 1.29 is 19.5 Å². The molecule has 0 bridgehead atoms. The summed E-state index contributed by atoms with van der Waals surface area (Å²) in [7, 11) is 1.77. The Labute approximate surface area is 229 Å². The zero-order valence-corrected chi connectivity index (χ0v) is 24.0. The normalized spacial score (nSPS) is 34.1. The number of aliphatic hydroxyl groups excluding tert-OH is 1. The molecule has 204 valence electrons. The highest BCUT2D eigenvalue weighted by Gasteiger charge is 2.74. The van der Waals surface area contributed by atoms with E-state index in [9.17, 15) is 19.5 Å². The summed E-state index contributed by atoms with van der Waals surface area (Å²) in [4.78, 5) is 48.3. The van der Waals surface area contributed by atoms with E-state index >= 15 is 0 Å². The second kappa shape index (κ2) is 9.56. The predicted octanol–water partition coefficient (Wildman–Crippen LogP) is 3.33. The summed E-state index contributed by atoms with van der Waals surface area (Å²) in [6.07, 6.45) is 8.87. The van der Waals surface area contributed by atoms with Gasteiger partial charge in [0.1, 0.15) is 6.04 Å². The molecule has 4 aliphatic heterocycles. The molecule has 5 rings (SSSR count). The van der Waals surface area contributed by atoms with Crippen molar-refractivity contribution in [2.45, 2.75) is 62.6 Å². The van der Waals surface area contributed by atoms with E-state index in [4.69, 9.17) is 0 Å². The zero-order valence-electron chi connectivity index (χ0n) is 23.2. The average molecular weight is 538 g/mol. The van der Waals surface area contributed by atoms with Crippen LogP contribution >= 0.6 is 11.8 Å². The third-order valence-corrected chi connectivity index (χ3v) is 11.0. The number of para-hydroxylation sites is 1. The average Bonchev–Trinajstić information content (AvgIpc) is 3.15. The van der Waals surface area contributed by atoms with E-state index in [-0.39, 0.29) is 30.2 Å². The van der Waals surface area contributed by atoms with Crippen LogP contribution < -0.4 is 4.90 Å². The summed E-state index contributed by atoms with van der Waals surface area (Å²) >= 11 is 1.58. The van der Waals surface area contributed by atoms with Crippen molar-refractivity contribution in [1.82, 2.24) is 9.80 Å². The number of likely N-dealkylation sites (N-methyl/N-ethyl adjacent to an activating group) is 1. The fourth-order valence-corrected chi connectivity index (χ4v) is 9.33. The highest BCUT2D eigenvalue weighted by molar-refractivity contribution is 8.02. The molecule has 2 saturated heterocycles. The van der Waals surface area contributed by atoms with Gasteiger partial charge in [0.15, 0.2) is 0 Å². The lowest BCUT2D eigenvalue weighted by atomic mass is 9.74. The van der Waals surface area contributed by atoms with Crippen LogP contribution in [0.4, 0.5) is 5.69 Å². The maximum absolute atomic E-state index is 14.8. The van der Waals surface area contributed by atoms with Gasteiger partial charge in [-0.25, -0.2) is 0 Å². The summed E-state index contributed by atoms with van der Waals surface area (Å²) in [6, 6.07) is 4.63. The fraction of sp³-hybridized carbons (Fsp3) is 0.567. The Kier molecular flexibility index (Phi) is 6.79. The minimum atomic E-state index is -0.919. The molecule has 0 radical (unpaired) electrons. The number of anilines is 1. The zero-order chi connectivity index (χ0) is 27.6. The van der Waals surface area contributed by atoms with Gasteiger partial charge in [0.2, 0.25) is 11.8 Å². The second-order valence-corrected chi connectivity index (χ2v) is 13.4.